The highest BCUT2D eigenvalue weighted by molar-refractivity contribution is 6.02. The van der Waals surface area contributed by atoms with E-state index in [2.05, 4.69) is 57.2 Å². The van der Waals surface area contributed by atoms with E-state index in [0.717, 1.165) is 49.1 Å². The molecule has 1 fully saturated rings. The van der Waals surface area contributed by atoms with Crippen molar-refractivity contribution >= 4 is 17.3 Å². The Bertz CT molecular complexity index is 1150. The zero-order chi connectivity index (χ0) is 27.9. The second-order valence-corrected chi connectivity index (χ2v) is 12.5. The van der Waals surface area contributed by atoms with Crippen LogP contribution in [-0.2, 0) is 22.4 Å². The first-order chi connectivity index (χ1) is 18.8. The summed E-state index contributed by atoms with van der Waals surface area (Å²) in [6.45, 7) is 7.78. The maximum atomic E-state index is 13.5. The molecule has 2 aromatic rings. The Balaban J connectivity index is 1.56. The van der Waals surface area contributed by atoms with Gasteiger partial charge in [0.1, 0.15) is 11.6 Å². The minimum absolute atomic E-state index is 0.0330. The van der Waals surface area contributed by atoms with E-state index in [1.54, 1.807) is 0 Å². The van der Waals surface area contributed by atoms with Crippen molar-refractivity contribution in [3.05, 3.63) is 58.7 Å². The van der Waals surface area contributed by atoms with E-state index in [1.165, 1.54) is 67.7 Å². The molecule has 210 valence electrons. The molecule has 0 heterocycles. The zero-order valence-corrected chi connectivity index (χ0v) is 24.7. The smallest absolute Gasteiger partial charge is 0.163 e. The molecule has 0 N–H and O–H groups in total. The van der Waals surface area contributed by atoms with Gasteiger partial charge in [0.2, 0.25) is 0 Å². The summed E-state index contributed by atoms with van der Waals surface area (Å²) in [5, 5.41) is 0. The van der Waals surface area contributed by atoms with Crippen LogP contribution >= 0.6 is 0 Å². The van der Waals surface area contributed by atoms with Crippen molar-refractivity contribution in [1.29, 1.82) is 0 Å². The Morgan fingerprint density at radius 1 is 0.923 bits per heavy atom. The molecule has 0 aromatic heterocycles. The van der Waals surface area contributed by atoms with Crippen LogP contribution in [0.4, 0.5) is 0 Å². The van der Waals surface area contributed by atoms with Crippen LogP contribution in [0.2, 0.25) is 0 Å². The van der Waals surface area contributed by atoms with Gasteiger partial charge in [-0.15, -0.1) is 0 Å². The number of Topliss-reactive ketones (excluding diaryl/α,β-unsaturated/α-hetero) is 3. The fraction of sp³-hybridized carbons (Fsp3) is 0.583. The van der Waals surface area contributed by atoms with Gasteiger partial charge in [0, 0.05) is 17.9 Å². The van der Waals surface area contributed by atoms with Crippen molar-refractivity contribution < 1.29 is 14.4 Å². The molecule has 3 nitrogen and oxygen atoms in total. The van der Waals surface area contributed by atoms with Crippen LogP contribution < -0.4 is 0 Å². The van der Waals surface area contributed by atoms with Crippen molar-refractivity contribution in [3.63, 3.8) is 0 Å². The molecule has 2 aliphatic carbocycles. The quantitative estimate of drug-likeness (QED) is 0.258. The normalized spacial score (nSPS) is 19.4. The Hall–Kier alpha value is -2.55. The summed E-state index contributed by atoms with van der Waals surface area (Å²) < 4.78 is 0. The van der Waals surface area contributed by atoms with Gasteiger partial charge in [0.05, 0.1) is 6.42 Å². The lowest BCUT2D eigenvalue weighted by atomic mass is 9.71. The van der Waals surface area contributed by atoms with Crippen LogP contribution in [0.15, 0.2) is 36.4 Å². The molecule has 0 amide bonds. The van der Waals surface area contributed by atoms with Crippen molar-refractivity contribution in [2.75, 3.05) is 0 Å². The topological polar surface area (TPSA) is 51.2 Å². The number of benzene rings is 2. The molecule has 39 heavy (non-hydrogen) atoms. The third-order valence-corrected chi connectivity index (χ3v) is 9.42. The largest absolute Gasteiger partial charge is 0.300 e. The maximum Gasteiger partial charge on any atom is 0.163 e. The first-order valence-corrected chi connectivity index (χ1v) is 15.6. The molecule has 0 saturated heterocycles. The van der Waals surface area contributed by atoms with Crippen LogP contribution in [0, 0.1) is 30.6 Å². The van der Waals surface area contributed by atoms with Crippen LogP contribution in [-0.4, -0.2) is 17.3 Å². The minimum atomic E-state index is -0.0981. The molecular weight excluding hydrogens is 480 g/mol. The number of hydrogen-bond acceptors (Lipinski definition) is 3. The molecule has 0 spiro atoms. The molecule has 3 unspecified atom stereocenters. The fourth-order valence-electron chi connectivity index (χ4n) is 7.55. The predicted octanol–water partition coefficient (Wildman–Crippen LogP) is 8.91. The molecule has 2 aromatic carbocycles. The summed E-state index contributed by atoms with van der Waals surface area (Å²) >= 11 is 0. The van der Waals surface area contributed by atoms with Gasteiger partial charge in [0.25, 0.3) is 0 Å². The first kappa shape index (κ1) is 29.4. The van der Waals surface area contributed by atoms with Gasteiger partial charge in [-0.05, 0) is 85.1 Å². The number of fused-ring (bicyclic) bond motifs is 1. The molecule has 2 aliphatic rings. The van der Waals surface area contributed by atoms with Gasteiger partial charge in [-0.3, -0.25) is 14.4 Å². The average Bonchev–Trinajstić information content (AvgIpc) is 2.90. The SMILES string of the molecule is CCCC(CC1CC(=O)c2c(C)ccc(-c3ccc(CC4CCCCC4)cc3)c2C1)C(CC)C(=O)CC(C)=O. The van der Waals surface area contributed by atoms with Gasteiger partial charge < -0.3 is 0 Å². The standard InChI is InChI=1S/C36H48O3/c1-5-10-30(31(6-2)34(38)19-25(4)37)21-28-22-33-32(18-13-24(3)36(33)35(39)23-28)29-16-14-27(15-17-29)20-26-11-8-7-9-12-26/h13-18,26,28,30-31H,5-12,19-23H2,1-4H3. The van der Waals surface area contributed by atoms with Crippen molar-refractivity contribution in [1.82, 2.24) is 0 Å². The van der Waals surface area contributed by atoms with Gasteiger partial charge in [-0.2, -0.15) is 0 Å². The lowest BCUT2D eigenvalue weighted by Gasteiger charge is -2.32. The van der Waals surface area contributed by atoms with Crippen LogP contribution in [0.3, 0.4) is 0 Å². The average molecular weight is 529 g/mol. The Labute approximate surface area is 236 Å². The number of ketones is 3. The van der Waals surface area contributed by atoms with Crippen LogP contribution in [0.1, 0.15) is 118 Å². The third-order valence-electron chi connectivity index (χ3n) is 9.42. The summed E-state index contributed by atoms with van der Waals surface area (Å²) in [6.07, 6.45) is 13.1. The molecule has 3 heteroatoms. The summed E-state index contributed by atoms with van der Waals surface area (Å²) in [5.74, 6) is 1.44. The van der Waals surface area contributed by atoms with E-state index in [9.17, 15) is 14.4 Å². The van der Waals surface area contributed by atoms with E-state index >= 15 is 0 Å². The number of hydrogen-bond donors (Lipinski definition) is 0. The summed E-state index contributed by atoms with van der Waals surface area (Å²) in [7, 11) is 0. The molecular formula is C36H48O3. The van der Waals surface area contributed by atoms with Gasteiger partial charge in [-0.1, -0.05) is 95.2 Å². The molecule has 0 radical (unpaired) electrons. The zero-order valence-electron chi connectivity index (χ0n) is 24.7. The lowest BCUT2D eigenvalue weighted by molar-refractivity contribution is -0.129. The highest BCUT2D eigenvalue weighted by Gasteiger charge is 2.34. The van der Waals surface area contributed by atoms with Crippen molar-refractivity contribution in [2.24, 2.45) is 23.7 Å². The fourth-order valence-corrected chi connectivity index (χ4v) is 7.55. The number of carbonyl (C=O) groups is 3. The maximum absolute atomic E-state index is 13.5. The Kier molecular flexibility index (Phi) is 10.3. The summed E-state index contributed by atoms with van der Waals surface area (Å²) in [6, 6.07) is 13.4. The summed E-state index contributed by atoms with van der Waals surface area (Å²) in [4.78, 5) is 38.2. The lowest BCUT2D eigenvalue weighted by Crippen LogP contribution is -2.30. The van der Waals surface area contributed by atoms with Crippen molar-refractivity contribution in [3.8, 4) is 11.1 Å². The Morgan fingerprint density at radius 2 is 1.64 bits per heavy atom. The van der Waals surface area contributed by atoms with Crippen molar-refractivity contribution in [2.45, 2.75) is 111 Å². The number of aryl methyl sites for hydroxylation is 1. The predicted molar refractivity (Wildman–Crippen MR) is 160 cm³/mol. The van der Waals surface area contributed by atoms with E-state index in [0.29, 0.717) is 6.42 Å². The van der Waals surface area contributed by atoms with E-state index in [1.807, 2.05) is 0 Å². The van der Waals surface area contributed by atoms with Gasteiger partial charge >= 0.3 is 0 Å². The van der Waals surface area contributed by atoms with E-state index in [4.69, 9.17) is 0 Å². The minimum Gasteiger partial charge on any atom is -0.300 e. The molecule has 0 aliphatic heterocycles. The van der Waals surface area contributed by atoms with Gasteiger partial charge in [0.15, 0.2) is 5.78 Å². The highest BCUT2D eigenvalue weighted by Crippen LogP contribution is 2.40. The first-order valence-electron chi connectivity index (χ1n) is 15.6. The molecule has 4 rings (SSSR count). The Morgan fingerprint density at radius 3 is 2.28 bits per heavy atom. The van der Waals surface area contributed by atoms with Crippen LogP contribution in [0.25, 0.3) is 11.1 Å². The number of carbonyl (C=O) groups excluding carboxylic acids is 3. The van der Waals surface area contributed by atoms with Gasteiger partial charge in [-0.25, -0.2) is 0 Å². The van der Waals surface area contributed by atoms with Crippen LogP contribution in [0.5, 0.6) is 0 Å². The second kappa shape index (κ2) is 13.7. The summed E-state index contributed by atoms with van der Waals surface area (Å²) in [5.41, 5.74) is 6.98. The van der Waals surface area contributed by atoms with E-state index in [-0.39, 0.29) is 41.5 Å². The second-order valence-electron chi connectivity index (χ2n) is 12.5. The molecule has 1 saturated carbocycles. The number of rotatable bonds is 12. The third kappa shape index (κ3) is 7.35. The van der Waals surface area contributed by atoms with E-state index < -0.39 is 0 Å². The monoisotopic (exact) mass is 528 g/mol. The molecule has 3 atom stereocenters. The highest BCUT2D eigenvalue weighted by atomic mass is 16.1. The molecule has 0 bridgehead atoms.